The summed E-state index contributed by atoms with van der Waals surface area (Å²) < 4.78 is 30.5. The topological polar surface area (TPSA) is 52.3 Å². The first-order valence-electron chi connectivity index (χ1n) is 5.28. The lowest BCUT2D eigenvalue weighted by molar-refractivity contribution is -0.146. The van der Waals surface area contributed by atoms with E-state index in [1.54, 1.807) is 6.92 Å². The minimum absolute atomic E-state index is 0.126. The highest BCUT2D eigenvalue weighted by molar-refractivity contribution is 5.76. The van der Waals surface area contributed by atoms with Gasteiger partial charge in [0.05, 0.1) is 6.61 Å². The van der Waals surface area contributed by atoms with Gasteiger partial charge in [-0.25, -0.2) is 8.78 Å². The zero-order chi connectivity index (χ0) is 11.2. The van der Waals surface area contributed by atoms with Crippen molar-refractivity contribution in [1.82, 2.24) is 0 Å². The maximum absolute atomic E-state index is 12.9. The molecule has 0 aromatic rings. The van der Waals surface area contributed by atoms with Gasteiger partial charge in [0.2, 0.25) is 0 Å². The highest BCUT2D eigenvalue weighted by atomic mass is 19.3. The van der Waals surface area contributed by atoms with E-state index >= 15 is 0 Å². The minimum Gasteiger partial charge on any atom is -0.465 e. The third kappa shape index (κ3) is 1.62. The van der Waals surface area contributed by atoms with Crippen molar-refractivity contribution >= 4 is 5.97 Å². The second kappa shape index (κ2) is 3.40. The molecule has 0 saturated heterocycles. The molecule has 2 fully saturated rings. The normalized spacial score (nSPS) is 38.3. The van der Waals surface area contributed by atoms with Gasteiger partial charge in [-0.1, -0.05) is 0 Å². The molecular weight excluding hydrogens is 204 g/mol. The Morgan fingerprint density at radius 1 is 1.53 bits per heavy atom. The first-order valence-corrected chi connectivity index (χ1v) is 5.28. The van der Waals surface area contributed by atoms with Crippen molar-refractivity contribution < 1.29 is 18.3 Å². The van der Waals surface area contributed by atoms with E-state index in [4.69, 9.17) is 10.5 Å². The number of halogens is 2. The first-order chi connectivity index (χ1) is 6.98. The molecule has 0 spiro atoms. The van der Waals surface area contributed by atoms with Crippen LogP contribution in [0.1, 0.15) is 19.8 Å². The van der Waals surface area contributed by atoms with Crippen molar-refractivity contribution in [2.75, 3.05) is 6.61 Å². The van der Waals surface area contributed by atoms with Gasteiger partial charge >= 0.3 is 5.97 Å². The predicted molar refractivity (Wildman–Crippen MR) is 49.3 cm³/mol. The Morgan fingerprint density at radius 2 is 2.07 bits per heavy atom. The van der Waals surface area contributed by atoms with E-state index in [0.29, 0.717) is 12.8 Å². The van der Waals surface area contributed by atoms with Crippen LogP contribution in [0.25, 0.3) is 0 Å². The van der Waals surface area contributed by atoms with Crippen molar-refractivity contribution in [3.8, 4) is 0 Å². The molecule has 2 rings (SSSR count). The van der Waals surface area contributed by atoms with E-state index in [0.717, 1.165) is 0 Å². The lowest BCUT2D eigenvalue weighted by Gasteiger charge is -2.19. The van der Waals surface area contributed by atoms with E-state index < -0.39 is 29.8 Å². The molecule has 0 radical (unpaired) electrons. The van der Waals surface area contributed by atoms with Gasteiger partial charge < -0.3 is 10.5 Å². The number of carbonyl (C=O) groups excluding carboxylic acids is 1. The number of nitrogens with two attached hydrogens (primary N) is 1. The highest BCUT2D eigenvalue weighted by Crippen LogP contribution is 2.66. The second-order valence-electron chi connectivity index (χ2n) is 4.40. The summed E-state index contributed by atoms with van der Waals surface area (Å²) in [5, 5.41) is 0. The zero-order valence-corrected chi connectivity index (χ0v) is 8.58. The molecule has 0 aliphatic heterocycles. The number of rotatable bonds is 3. The van der Waals surface area contributed by atoms with Gasteiger partial charge in [0.15, 0.2) is 0 Å². The van der Waals surface area contributed by atoms with E-state index in [1.807, 2.05) is 0 Å². The molecule has 0 amide bonds. The van der Waals surface area contributed by atoms with Crippen molar-refractivity contribution in [3.05, 3.63) is 0 Å². The van der Waals surface area contributed by atoms with Crippen LogP contribution >= 0.6 is 0 Å². The van der Waals surface area contributed by atoms with Crippen molar-refractivity contribution in [1.29, 1.82) is 0 Å². The number of fused-ring (bicyclic) bond motifs is 1. The fourth-order valence-corrected chi connectivity index (χ4v) is 2.58. The average molecular weight is 219 g/mol. The lowest BCUT2D eigenvalue weighted by Crippen LogP contribution is -2.39. The van der Waals surface area contributed by atoms with Crippen LogP contribution in [0.5, 0.6) is 0 Å². The molecule has 0 aromatic heterocycles. The fraction of sp³-hybridized carbons (Fsp3) is 0.900. The molecule has 3 unspecified atom stereocenters. The number of carbonyl (C=O) groups is 1. The smallest absolute Gasteiger partial charge is 0.323 e. The van der Waals surface area contributed by atoms with Crippen LogP contribution in [-0.4, -0.2) is 24.5 Å². The molecule has 0 bridgehead atoms. The SMILES string of the molecule is CCOC(=O)C(N)C1CC2C(C1)C2(F)F. The molecular formula is C10H15F2NO2. The summed E-state index contributed by atoms with van der Waals surface area (Å²) >= 11 is 0. The summed E-state index contributed by atoms with van der Waals surface area (Å²) in [6.07, 6.45) is 0.718. The zero-order valence-electron chi connectivity index (χ0n) is 8.58. The van der Waals surface area contributed by atoms with E-state index in [-0.39, 0.29) is 12.5 Å². The van der Waals surface area contributed by atoms with Crippen LogP contribution < -0.4 is 5.73 Å². The van der Waals surface area contributed by atoms with Crippen LogP contribution in [0.2, 0.25) is 0 Å². The van der Waals surface area contributed by atoms with Gasteiger partial charge in [0.1, 0.15) is 6.04 Å². The lowest BCUT2D eigenvalue weighted by atomic mass is 9.94. The largest absolute Gasteiger partial charge is 0.465 e. The first kappa shape index (κ1) is 10.8. The molecule has 3 atom stereocenters. The number of hydrogen-bond donors (Lipinski definition) is 1. The van der Waals surface area contributed by atoms with Crippen LogP contribution in [0.15, 0.2) is 0 Å². The second-order valence-corrected chi connectivity index (χ2v) is 4.40. The van der Waals surface area contributed by atoms with Crippen LogP contribution in [0, 0.1) is 17.8 Å². The van der Waals surface area contributed by atoms with Gasteiger partial charge in [0, 0.05) is 11.8 Å². The quantitative estimate of drug-likeness (QED) is 0.725. The summed E-state index contributed by atoms with van der Waals surface area (Å²) in [5.41, 5.74) is 5.66. The summed E-state index contributed by atoms with van der Waals surface area (Å²) in [4.78, 5) is 11.3. The Labute approximate surface area is 87.0 Å². The van der Waals surface area contributed by atoms with Crippen molar-refractivity contribution in [2.24, 2.45) is 23.5 Å². The average Bonchev–Trinajstić information content (AvgIpc) is 2.60. The fourth-order valence-electron chi connectivity index (χ4n) is 2.58. The Morgan fingerprint density at radius 3 is 2.53 bits per heavy atom. The maximum atomic E-state index is 12.9. The standard InChI is InChI=1S/C10H15F2NO2/c1-2-15-9(14)8(13)5-3-6-7(4-5)10(6,11)12/h5-8H,2-4,13H2,1H3. The molecule has 2 saturated carbocycles. The summed E-state index contributed by atoms with van der Waals surface area (Å²) in [5.74, 6) is -4.16. The molecule has 5 heteroatoms. The monoisotopic (exact) mass is 219 g/mol. The van der Waals surface area contributed by atoms with Gasteiger partial charge in [-0.15, -0.1) is 0 Å². The third-order valence-corrected chi connectivity index (χ3v) is 3.55. The Balaban J connectivity index is 1.86. The maximum Gasteiger partial charge on any atom is 0.323 e. The highest BCUT2D eigenvalue weighted by Gasteiger charge is 2.72. The van der Waals surface area contributed by atoms with Gasteiger partial charge in [-0.3, -0.25) is 4.79 Å². The van der Waals surface area contributed by atoms with Crippen LogP contribution in [-0.2, 0) is 9.53 Å². The van der Waals surface area contributed by atoms with E-state index in [1.165, 1.54) is 0 Å². The van der Waals surface area contributed by atoms with Crippen molar-refractivity contribution in [2.45, 2.75) is 31.7 Å². The molecule has 2 N–H and O–H groups in total. The molecule has 0 heterocycles. The van der Waals surface area contributed by atoms with Gasteiger partial charge in [-0.05, 0) is 25.7 Å². The van der Waals surface area contributed by atoms with E-state index in [9.17, 15) is 13.6 Å². The Bertz CT molecular complexity index is 269. The number of esters is 1. The summed E-state index contributed by atoms with van der Waals surface area (Å²) in [7, 11) is 0. The van der Waals surface area contributed by atoms with Crippen LogP contribution in [0.3, 0.4) is 0 Å². The molecule has 2 aliphatic rings. The Hall–Kier alpha value is -0.710. The summed E-state index contributed by atoms with van der Waals surface area (Å²) in [6, 6.07) is -0.728. The molecule has 3 nitrogen and oxygen atoms in total. The Kier molecular flexibility index (Phi) is 2.45. The number of hydrogen-bond acceptors (Lipinski definition) is 3. The number of ether oxygens (including phenoxy) is 1. The molecule has 0 aromatic carbocycles. The van der Waals surface area contributed by atoms with Gasteiger partial charge in [-0.2, -0.15) is 0 Å². The molecule has 86 valence electrons. The van der Waals surface area contributed by atoms with E-state index in [2.05, 4.69) is 0 Å². The van der Waals surface area contributed by atoms with Crippen molar-refractivity contribution in [3.63, 3.8) is 0 Å². The minimum atomic E-state index is -2.50. The summed E-state index contributed by atoms with van der Waals surface area (Å²) in [6.45, 7) is 1.98. The number of alkyl halides is 2. The predicted octanol–water partition coefficient (Wildman–Crippen LogP) is 1.17. The molecule has 15 heavy (non-hydrogen) atoms. The van der Waals surface area contributed by atoms with Gasteiger partial charge in [0.25, 0.3) is 5.92 Å². The van der Waals surface area contributed by atoms with Crippen LogP contribution in [0.4, 0.5) is 8.78 Å². The molecule has 2 aliphatic carbocycles. The third-order valence-electron chi connectivity index (χ3n) is 3.55.